The Bertz CT molecular complexity index is 618. The highest BCUT2D eigenvalue weighted by Gasteiger charge is 2.14. The van der Waals surface area contributed by atoms with Gasteiger partial charge in [-0.15, -0.1) is 0 Å². The van der Waals surface area contributed by atoms with Crippen molar-refractivity contribution in [2.24, 2.45) is 0 Å². The fourth-order valence-corrected chi connectivity index (χ4v) is 2.29. The number of halogens is 2. The SMILES string of the molecule is Cc1nn(C(C)C)c(C)c1NCc1cccc(F)c1F. The van der Waals surface area contributed by atoms with Crippen LogP contribution in [0, 0.1) is 25.5 Å². The van der Waals surface area contributed by atoms with E-state index in [0.29, 0.717) is 5.56 Å². The Morgan fingerprint density at radius 3 is 2.55 bits per heavy atom. The van der Waals surface area contributed by atoms with E-state index in [4.69, 9.17) is 0 Å². The molecule has 0 saturated carbocycles. The van der Waals surface area contributed by atoms with Crippen molar-refractivity contribution in [1.29, 1.82) is 0 Å². The summed E-state index contributed by atoms with van der Waals surface area (Å²) in [7, 11) is 0. The number of nitrogens with one attached hydrogen (secondary N) is 1. The van der Waals surface area contributed by atoms with Gasteiger partial charge >= 0.3 is 0 Å². The van der Waals surface area contributed by atoms with Gasteiger partial charge in [-0.25, -0.2) is 8.78 Å². The van der Waals surface area contributed by atoms with Gasteiger partial charge in [-0.1, -0.05) is 12.1 Å². The zero-order chi connectivity index (χ0) is 14.9. The lowest BCUT2D eigenvalue weighted by Crippen LogP contribution is -2.07. The summed E-state index contributed by atoms with van der Waals surface area (Å²) in [6, 6.07) is 4.46. The van der Waals surface area contributed by atoms with Gasteiger partial charge in [-0.3, -0.25) is 4.68 Å². The molecule has 2 aromatic rings. The predicted octanol–water partition coefficient (Wildman–Crippen LogP) is 3.97. The Kier molecular flexibility index (Phi) is 4.06. The first-order valence-electron chi connectivity index (χ1n) is 6.64. The van der Waals surface area contributed by atoms with Crippen molar-refractivity contribution in [2.75, 3.05) is 5.32 Å². The molecule has 0 radical (unpaired) electrons. The molecule has 0 spiro atoms. The topological polar surface area (TPSA) is 29.9 Å². The summed E-state index contributed by atoms with van der Waals surface area (Å²) < 4.78 is 28.7. The molecule has 0 aliphatic heterocycles. The lowest BCUT2D eigenvalue weighted by Gasteiger charge is -2.10. The second-order valence-electron chi connectivity index (χ2n) is 5.15. The first kappa shape index (κ1) is 14.5. The molecule has 0 bridgehead atoms. The Hall–Kier alpha value is -1.91. The molecule has 1 aromatic heterocycles. The van der Waals surface area contributed by atoms with E-state index in [1.54, 1.807) is 6.07 Å². The Balaban J connectivity index is 2.21. The molecule has 0 amide bonds. The summed E-state index contributed by atoms with van der Waals surface area (Å²) in [5.74, 6) is -1.62. The highest BCUT2D eigenvalue weighted by atomic mass is 19.2. The van der Waals surface area contributed by atoms with Crippen LogP contribution in [0.1, 0.15) is 36.8 Å². The van der Waals surface area contributed by atoms with Gasteiger partial charge in [0.15, 0.2) is 11.6 Å². The van der Waals surface area contributed by atoms with E-state index in [-0.39, 0.29) is 12.6 Å². The molecule has 0 unspecified atom stereocenters. The maximum atomic E-state index is 13.6. The average molecular weight is 279 g/mol. The number of nitrogens with zero attached hydrogens (tertiary/aromatic N) is 2. The number of hydrogen-bond donors (Lipinski definition) is 1. The van der Waals surface area contributed by atoms with Crippen LogP contribution in [-0.4, -0.2) is 9.78 Å². The molecule has 1 heterocycles. The van der Waals surface area contributed by atoms with E-state index >= 15 is 0 Å². The molecule has 0 fully saturated rings. The average Bonchev–Trinajstić information content (AvgIpc) is 2.67. The number of aromatic nitrogens is 2. The van der Waals surface area contributed by atoms with Crippen molar-refractivity contribution in [2.45, 2.75) is 40.3 Å². The van der Waals surface area contributed by atoms with Crippen LogP contribution in [0.2, 0.25) is 0 Å². The van der Waals surface area contributed by atoms with Crippen LogP contribution in [0.25, 0.3) is 0 Å². The Morgan fingerprint density at radius 2 is 1.95 bits per heavy atom. The molecule has 1 aromatic carbocycles. The lowest BCUT2D eigenvalue weighted by atomic mass is 10.2. The molecule has 5 heteroatoms. The van der Waals surface area contributed by atoms with E-state index in [2.05, 4.69) is 24.3 Å². The molecule has 0 atom stereocenters. The van der Waals surface area contributed by atoms with Crippen LogP contribution < -0.4 is 5.32 Å². The maximum absolute atomic E-state index is 13.6. The minimum Gasteiger partial charge on any atom is -0.378 e. The number of benzene rings is 1. The lowest BCUT2D eigenvalue weighted by molar-refractivity contribution is 0.500. The number of rotatable bonds is 4. The van der Waals surface area contributed by atoms with Gasteiger partial charge in [0, 0.05) is 18.2 Å². The molecule has 3 nitrogen and oxygen atoms in total. The third-order valence-corrected chi connectivity index (χ3v) is 3.30. The van der Waals surface area contributed by atoms with Crippen molar-refractivity contribution >= 4 is 5.69 Å². The van der Waals surface area contributed by atoms with E-state index in [1.165, 1.54) is 6.07 Å². The summed E-state index contributed by atoms with van der Waals surface area (Å²) in [5, 5.41) is 7.60. The standard InChI is InChI=1S/C15H19F2N3/c1-9(2)20-11(4)15(10(3)19-20)18-8-12-6-5-7-13(16)14(12)17/h5-7,9,18H,8H2,1-4H3. The molecule has 2 rings (SSSR count). The second kappa shape index (κ2) is 5.61. The Morgan fingerprint density at radius 1 is 1.25 bits per heavy atom. The fraction of sp³-hybridized carbons (Fsp3) is 0.400. The highest BCUT2D eigenvalue weighted by molar-refractivity contribution is 5.52. The van der Waals surface area contributed by atoms with Crippen LogP contribution in [0.5, 0.6) is 0 Å². The summed E-state index contributed by atoms with van der Waals surface area (Å²) in [4.78, 5) is 0. The fourth-order valence-electron chi connectivity index (χ4n) is 2.29. The van der Waals surface area contributed by atoms with E-state index in [1.807, 2.05) is 18.5 Å². The van der Waals surface area contributed by atoms with Crippen LogP contribution in [0.3, 0.4) is 0 Å². The van der Waals surface area contributed by atoms with Crippen molar-refractivity contribution in [3.05, 3.63) is 46.8 Å². The van der Waals surface area contributed by atoms with Crippen molar-refractivity contribution < 1.29 is 8.78 Å². The van der Waals surface area contributed by atoms with E-state index < -0.39 is 11.6 Å². The normalized spacial score (nSPS) is 11.2. The molecule has 1 N–H and O–H groups in total. The minimum absolute atomic E-state index is 0.231. The van der Waals surface area contributed by atoms with E-state index in [9.17, 15) is 8.78 Å². The highest BCUT2D eigenvalue weighted by Crippen LogP contribution is 2.23. The summed E-state index contributed by atoms with van der Waals surface area (Å²) in [5.41, 5.74) is 3.03. The van der Waals surface area contributed by atoms with Crippen LogP contribution >= 0.6 is 0 Å². The second-order valence-corrected chi connectivity index (χ2v) is 5.15. The monoisotopic (exact) mass is 279 g/mol. The zero-order valence-corrected chi connectivity index (χ0v) is 12.2. The van der Waals surface area contributed by atoms with Gasteiger partial charge in [0.2, 0.25) is 0 Å². The first-order chi connectivity index (χ1) is 9.41. The number of aryl methyl sites for hydroxylation is 1. The van der Waals surface area contributed by atoms with Gasteiger partial charge in [0.1, 0.15) is 0 Å². The van der Waals surface area contributed by atoms with Gasteiger partial charge in [0.05, 0.1) is 17.1 Å². The van der Waals surface area contributed by atoms with Crippen LogP contribution in [0.4, 0.5) is 14.5 Å². The molecule has 108 valence electrons. The number of anilines is 1. The van der Waals surface area contributed by atoms with Gasteiger partial charge < -0.3 is 5.32 Å². The quantitative estimate of drug-likeness (QED) is 0.917. The smallest absolute Gasteiger partial charge is 0.163 e. The Labute approximate surface area is 117 Å². The molecular formula is C15H19F2N3. The van der Waals surface area contributed by atoms with Crippen molar-refractivity contribution in [1.82, 2.24) is 9.78 Å². The largest absolute Gasteiger partial charge is 0.378 e. The third-order valence-electron chi connectivity index (χ3n) is 3.30. The summed E-state index contributed by atoms with van der Waals surface area (Å²) in [6.07, 6.45) is 0. The van der Waals surface area contributed by atoms with Crippen molar-refractivity contribution in [3.8, 4) is 0 Å². The summed E-state index contributed by atoms with van der Waals surface area (Å²) in [6.45, 7) is 8.19. The van der Waals surface area contributed by atoms with Crippen LogP contribution in [-0.2, 0) is 6.54 Å². The van der Waals surface area contributed by atoms with Crippen molar-refractivity contribution in [3.63, 3.8) is 0 Å². The molecule has 0 aliphatic rings. The summed E-state index contributed by atoms with van der Waals surface area (Å²) >= 11 is 0. The third kappa shape index (κ3) is 2.66. The predicted molar refractivity (Wildman–Crippen MR) is 75.8 cm³/mol. The molecular weight excluding hydrogens is 260 g/mol. The maximum Gasteiger partial charge on any atom is 0.163 e. The minimum atomic E-state index is -0.824. The molecule has 0 aliphatic carbocycles. The first-order valence-corrected chi connectivity index (χ1v) is 6.64. The number of hydrogen-bond acceptors (Lipinski definition) is 2. The zero-order valence-electron chi connectivity index (χ0n) is 12.2. The van der Waals surface area contributed by atoms with E-state index in [0.717, 1.165) is 23.1 Å². The molecule has 0 saturated heterocycles. The van der Waals surface area contributed by atoms with Crippen LogP contribution in [0.15, 0.2) is 18.2 Å². The van der Waals surface area contributed by atoms with Gasteiger partial charge in [0.25, 0.3) is 0 Å². The molecule has 20 heavy (non-hydrogen) atoms. The van der Waals surface area contributed by atoms with Gasteiger partial charge in [-0.2, -0.15) is 5.10 Å². The van der Waals surface area contributed by atoms with Gasteiger partial charge in [-0.05, 0) is 33.8 Å².